The maximum absolute atomic E-state index is 13.7. The summed E-state index contributed by atoms with van der Waals surface area (Å²) in [6.45, 7) is 1.43. The first kappa shape index (κ1) is 12.8. The van der Waals surface area contributed by atoms with Crippen LogP contribution in [0.1, 0.15) is 24.3 Å². The van der Waals surface area contributed by atoms with Crippen LogP contribution in [0.2, 0.25) is 0 Å². The highest BCUT2D eigenvalue weighted by Crippen LogP contribution is 2.31. The Morgan fingerprint density at radius 1 is 1.28 bits per heavy atom. The van der Waals surface area contributed by atoms with E-state index in [2.05, 4.69) is 0 Å². The molecule has 0 unspecified atom stereocenters. The highest BCUT2D eigenvalue weighted by Gasteiger charge is 2.24. The van der Waals surface area contributed by atoms with Crippen molar-refractivity contribution in [3.63, 3.8) is 0 Å². The van der Waals surface area contributed by atoms with Crippen LogP contribution in [0.4, 0.5) is 14.5 Å². The molecule has 0 amide bonds. The van der Waals surface area contributed by atoms with Crippen molar-refractivity contribution in [1.82, 2.24) is 5.06 Å². The van der Waals surface area contributed by atoms with Crippen molar-refractivity contribution in [1.29, 1.82) is 0 Å². The summed E-state index contributed by atoms with van der Waals surface area (Å²) in [4.78, 5) is 14.9. The minimum absolute atomic E-state index is 0.0283. The summed E-state index contributed by atoms with van der Waals surface area (Å²) >= 11 is 0. The van der Waals surface area contributed by atoms with Crippen LogP contribution >= 0.6 is 0 Å². The van der Waals surface area contributed by atoms with Crippen molar-refractivity contribution in [2.75, 3.05) is 18.8 Å². The number of halogens is 2. The second kappa shape index (κ2) is 5.30. The molecular weight excluding hydrogens is 242 g/mol. The molecule has 6 heteroatoms. The van der Waals surface area contributed by atoms with Crippen LogP contribution in [0.3, 0.4) is 0 Å². The topological polar surface area (TPSA) is 55.6 Å². The van der Waals surface area contributed by atoms with E-state index in [1.807, 2.05) is 0 Å². The molecule has 98 valence electrons. The zero-order valence-electron chi connectivity index (χ0n) is 9.73. The third-order valence-electron chi connectivity index (χ3n) is 3.20. The molecule has 1 heterocycles. The molecule has 1 aromatic carbocycles. The molecule has 1 aliphatic rings. The molecule has 1 aliphatic heterocycles. The Balaban J connectivity index is 2.10. The summed E-state index contributed by atoms with van der Waals surface area (Å²) < 4.78 is 26.7. The Bertz CT molecular complexity index is 446. The van der Waals surface area contributed by atoms with Crippen molar-refractivity contribution in [3.8, 4) is 0 Å². The molecule has 0 atom stereocenters. The molecule has 1 fully saturated rings. The molecule has 2 N–H and O–H groups in total. The summed E-state index contributed by atoms with van der Waals surface area (Å²) in [5, 5.41) is 1.52. The minimum atomic E-state index is -0.738. The van der Waals surface area contributed by atoms with E-state index in [1.165, 1.54) is 11.1 Å². The van der Waals surface area contributed by atoms with Crippen molar-refractivity contribution in [3.05, 3.63) is 29.3 Å². The molecule has 0 aliphatic carbocycles. The first-order valence-electron chi connectivity index (χ1n) is 5.71. The number of hydrogen-bond donors (Lipinski definition) is 1. The number of nitrogens with two attached hydrogens (primary N) is 1. The Hall–Kier alpha value is -1.69. The average molecular weight is 256 g/mol. The fraction of sp³-hybridized carbons (Fsp3) is 0.417. The van der Waals surface area contributed by atoms with Gasteiger partial charge in [-0.1, -0.05) is 0 Å². The molecule has 0 bridgehead atoms. The number of carbonyl (C=O) groups is 1. The van der Waals surface area contributed by atoms with Crippen LogP contribution in [0.25, 0.3) is 0 Å². The van der Waals surface area contributed by atoms with Gasteiger partial charge in [-0.3, -0.25) is 4.79 Å². The predicted octanol–water partition coefficient (Wildman–Crippen LogP) is 1.81. The molecule has 2 rings (SSSR count). The molecule has 0 saturated carbocycles. The van der Waals surface area contributed by atoms with Gasteiger partial charge in [-0.25, -0.2) is 8.78 Å². The van der Waals surface area contributed by atoms with Crippen molar-refractivity contribution in [2.45, 2.75) is 18.8 Å². The highest BCUT2D eigenvalue weighted by molar-refractivity contribution is 5.44. The maximum Gasteiger partial charge on any atom is 0.312 e. The van der Waals surface area contributed by atoms with Gasteiger partial charge in [-0.05, 0) is 30.4 Å². The fourth-order valence-corrected chi connectivity index (χ4v) is 2.23. The van der Waals surface area contributed by atoms with Gasteiger partial charge in [0, 0.05) is 19.2 Å². The quantitative estimate of drug-likeness (QED) is 0.662. The lowest BCUT2D eigenvalue weighted by molar-refractivity contribution is -0.178. The van der Waals surface area contributed by atoms with Crippen molar-refractivity contribution < 1.29 is 18.4 Å². The van der Waals surface area contributed by atoms with E-state index < -0.39 is 11.6 Å². The van der Waals surface area contributed by atoms with Gasteiger partial charge in [-0.15, -0.1) is 5.06 Å². The number of nitrogens with zero attached hydrogens (tertiary/aromatic N) is 1. The summed E-state index contributed by atoms with van der Waals surface area (Å²) in [7, 11) is 0. The molecule has 0 radical (unpaired) electrons. The van der Waals surface area contributed by atoms with Crippen LogP contribution in [-0.2, 0) is 9.63 Å². The largest absolute Gasteiger partial charge is 0.396 e. The highest BCUT2D eigenvalue weighted by atomic mass is 19.1. The van der Waals surface area contributed by atoms with E-state index in [0.29, 0.717) is 38.0 Å². The lowest BCUT2D eigenvalue weighted by atomic mass is 9.89. The number of piperidine rings is 1. The Morgan fingerprint density at radius 3 is 2.56 bits per heavy atom. The van der Waals surface area contributed by atoms with E-state index in [0.717, 1.165) is 6.07 Å². The number of hydroxylamine groups is 2. The summed E-state index contributed by atoms with van der Waals surface area (Å²) in [5.74, 6) is -1.34. The number of carbonyl (C=O) groups excluding carboxylic acids is 1. The van der Waals surface area contributed by atoms with E-state index in [-0.39, 0.29) is 11.6 Å². The van der Waals surface area contributed by atoms with Gasteiger partial charge in [0.1, 0.15) is 11.6 Å². The molecular formula is C12H14F2N2O2. The van der Waals surface area contributed by atoms with Crippen LogP contribution in [0.5, 0.6) is 0 Å². The van der Waals surface area contributed by atoms with Gasteiger partial charge in [0.25, 0.3) is 0 Å². The van der Waals surface area contributed by atoms with E-state index >= 15 is 0 Å². The standard InChI is InChI=1S/C12H14F2N2O2/c13-10-6-11(14)12(15)5-9(10)8-1-3-16(4-2-8)18-7-17/h5-8H,1-4,15H2. The number of hydrogen-bond acceptors (Lipinski definition) is 4. The molecule has 18 heavy (non-hydrogen) atoms. The Morgan fingerprint density at radius 2 is 1.94 bits per heavy atom. The molecule has 0 aromatic heterocycles. The van der Waals surface area contributed by atoms with Crippen LogP contribution in [0, 0.1) is 11.6 Å². The third-order valence-corrected chi connectivity index (χ3v) is 3.20. The van der Waals surface area contributed by atoms with Gasteiger partial charge in [0.2, 0.25) is 0 Å². The van der Waals surface area contributed by atoms with Gasteiger partial charge >= 0.3 is 6.47 Å². The zero-order chi connectivity index (χ0) is 13.1. The summed E-state index contributed by atoms with van der Waals surface area (Å²) in [5.41, 5.74) is 5.83. The van der Waals surface area contributed by atoms with Crippen molar-refractivity contribution in [2.24, 2.45) is 0 Å². The number of benzene rings is 1. The fourth-order valence-electron chi connectivity index (χ4n) is 2.23. The zero-order valence-corrected chi connectivity index (χ0v) is 9.73. The van der Waals surface area contributed by atoms with Gasteiger partial charge in [0.15, 0.2) is 0 Å². The minimum Gasteiger partial charge on any atom is -0.396 e. The first-order valence-corrected chi connectivity index (χ1v) is 5.71. The monoisotopic (exact) mass is 256 g/mol. The summed E-state index contributed by atoms with van der Waals surface area (Å²) in [6, 6.07) is 2.17. The SMILES string of the molecule is Nc1cc(C2CCN(OC=O)CC2)c(F)cc1F. The molecule has 1 aromatic rings. The lowest BCUT2D eigenvalue weighted by Crippen LogP contribution is -2.33. The lowest BCUT2D eigenvalue weighted by Gasteiger charge is -2.29. The van der Waals surface area contributed by atoms with Gasteiger partial charge in [-0.2, -0.15) is 0 Å². The predicted molar refractivity (Wildman–Crippen MR) is 61.5 cm³/mol. The molecule has 1 saturated heterocycles. The van der Waals surface area contributed by atoms with E-state index in [9.17, 15) is 13.6 Å². The van der Waals surface area contributed by atoms with Gasteiger partial charge in [0.05, 0.1) is 5.69 Å². The molecule has 0 spiro atoms. The third kappa shape index (κ3) is 2.59. The van der Waals surface area contributed by atoms with Crippen LogP contribution in [-0.4, -0.2) is 24.6 Å². The van der Waals surface area contributed by atoms with E-state index in [1.54, 1.807) is 0 Å². The smallest absolute Gasteiger partial charge is 0.312 e. The van der Waals surface area contributed by atoms with Crippen LogP contribution < -0.4 is 5.73 Å². The normalized spacial score (nSPS) is 17.7. The van der Waals surface area contributed by atoms with Gasteiger partial charge < -0.3 is 10.6 Å². The van der Waals surface area contributed by atoms with Crippen molar-refractivity contribution >= 4 is 12.2 Å². The number of nitrogen functional groups attached to an aromatic ring is 1. The molecule has 4 nitrogen and oxygen atoms in total. The Labute approximate surface area is 103 Å². The number of rotatable bonds is 3. The first-order chi connectivity index (χ1) is 8.61. The summed E-state index contributed by atoms with van der Waals surface area (Å²) in [6.07, 6.45) is 1.27. The second-order valence-electron chi connectivity index (χ2n) is 4.30. The second-order valence-corrected chi connectivity index (χ2v) is 4.30. The Kier molecular flexibility index (Phi) is 3.76. The maximum atomic E-state index is 13.7. The number of anilines is 1. The average Bonchev–Trinajstić information content (AvgIpc) is 2.35. The van der Waals surface area contributed by atoms with E-state index in [4.69, 9.17) is 10.6 Å². The van der Waals surface area contributed by atoms with Crippen LogP contribution in [0.15, 0.2) is 12.1 Å².